The summed E-state index contributed by atoms with van der Waals surface area (Å²) in [5.74, 6) is 0.404. The molecule has 0 spiro atoms. The number of fused-ring (bicyclic) bond motifs is 2. The maximum atomic E-state index is 12.0. The van der Waals surface area contributed by atoms with E-state index in [1.165, 1.54) is 0 Å². The van der Waals surface area contributed by atoms with Crippen LogP contribution in [0.4, 0.5) is 0 Å². The fraction of sp³-hybridized carbons (Fsp3) is 0.176. The van der Waals surface area contributed by atoms with Crippen molar-refractivity contribution in [2.45, 2.75) is 19.4 Å². The van der Waals surface area contributed by atoms with Crippen LogP contribution in [0.1, 0.15) is 17.3 Å². The number of aryl methyl sites for hydroxylation is 1. The second kappa shape index (κ2) is 6.37. The Balaban J connectivity index is 1.33. The average molecular weight is 338 g/mol. The number of hydrogen-bond acceptors (Lipinski definition) is 6. The molecular formula is C17H14N4O2S. The normalized spacial score (nSPS) is 11.2. The summed E-state index contributed by atoms with van der Waals surface area (Å²) in [5.41, 5.74) is 2.16. The van der Waals surface area contributed by atoms with Crippen LogP contribution in [0, 0.1) is 0 Å². The molecule has 0 saturated heterocycles. The maximum absolute atomic E-state index is 12.0. The number of nitrogens with one attached hydrogen (secondary N) is 1. The van der Waals surface area contributed by atoms with E-state index in [9.17, 15) is 4.79 Å². The highest BCUT2D eigenvalue weighted by Gasteiger charge is 2.09. The van der Waals surface area contributed by atoms with E-state index >= 15 is 0 Å². The number of benzene rings is 1. The van der Waals surface area contributed by atoms with E-state index in [1.807, 2.05) is 24.3 Å². The Bertz CT molecular complexity index is 862. The topological polar surface area (TPSA) is 80.9 Å². The predicted molar refractivity (Wildman–Crippen MR) is 91.6 cm³/mol. The largest absolute Gasteiger partial charge is 0.437 e. The van der Waals surface area contributed by atoms with E-state index in [0.29, 0.717) is 30.0 Å². The molecule has 0 saturated carbocycles. The third-order valence-corrected chi connectivity index (χ3v) is 4.65. The minimum absolute atomic E-state index is 0.0514. The van der Waals surface area contributed by atoms with Gasteiger partial charge in [0.15, 0.2) is 11.2 Å². The minimum atomic E-state index is -0.0514. The Morgan fingerprint density at radius 1 is 1.17 bits per heavy atom. The van der Waals surface area contributed by atoms with Crippen molar-refractivity contribution < 1.29 is 9.21 Å². The molecule has 4 aromatic rings. The lowest BCUT2D eigenvalue weighted by Gasteiger charge is -2.00. The van der Waals surface area contributed by atoms with Crippen molar-refractivity contribution in [2.24, 2.45) is 0 Å². The van der Waals surface area contributed by atoms with E-state index in [4.69, 9.17) is 4.42 Å². The highest BCUT2D eigenvalue weighted by molar-refractivity contribution is 7.18. The third kappa shape index (κ3) is 3.11. The predicted octanol–water partition coefficient (Wildman–Crippen LogP) is 3.08. The number of aromatic nitrogens is 3. The number of carbonyl (C=O) groups excluding carboxylic acids is 1. The molecule has 6 nitrogen and oxygen atoms in total. The number of carbonyl (C=O) groups is 1. The third-order valence-electron chi connectivity index (χ3n) is 3.55. The monoisotopic (exact) mass is 338 g/mol. The van der Waals surface area contributed by atoms with E-state index in [-0.39, 0.29) is 12.5 Å². The smallest absolute Gasteiger partial charge is 0.220 e. The van der Waals surface area contributed by atoms with Crippen LogP contribution in [0.2, 0.25) is 0 Å². The van der Waals surface area contributed by atoms with E-state index in [1.54, 1.807) is 29.7 Å². The molecule has 0 unspecified atom stereocenters. The van der Waals surface area contributed by atoms with Crippen LogP contribution in [0.5, 0.6) is 0 Å². The zero-order valence-electron chi connectivity index (χ0n) is 12.7. The number of nitrogens with zero attached hydrogens (tertiary/aromatic N) is 3. The molecule has 1 amide bonds. The van der Waals surface area contributed by atoms with Crippen LogP contribution in [0.15, 0.2) is 47.0 Å². The highest BCUT2D eigenvalue weighted by atomic mass is 32.1. The fourth-order valence-corrected chi connectivity index (χ4v) is 3.37. The lowest BCUT2D eigenvalue weighted by molar-refractivity contribution is -0.121. The van der Waals surface area contributed by atoms with Gasteiger partial charge in [-0.05, 0) is 24.3 Å². The van der Waals surface area contributed by atoms with Gasteiger partial charge in [0.2, 0.25) is 11.8 Å². The van der Waals surface area contributed by atoms with Gasteiger partial charge in [0.1, 0.15) is 0 Å². The molecule has 0 fully saturated rings. The Morgan fingerprint density at radius 3 is 2.96 bits per heavy atom. The summed E-state index contributed by atoms with van der Waals surface area (Å²) in [6, 6.07) is 11.6. The van der Waals surface area contributed by atoms with Crippen molar-refractivity contribution >= 4 is 38.7 Å². The quantitative estimate of drug-likeness (QED) is 0.605. The van der Waals surface area contributed by atoms with Gasteiger partial charge < -0.3 is 9.73 Å². The van der Waals surface area contributed by atoms with E-state index < -0.39 is 0 Å². The Morgan fingerprint density at radius 2 is 2.08 bits per heavy atom. The van der Waals surface area contributed by atoms with Gasteiger partial charge in [0.05, 0.1) is 21.8 Å². The molecule has 7 heteroatoms. The first kappa shape index (κ1) is 14.8. The first-order chi connectivity index (χ1) is 11.8. The molecule has 0 bridgehead atoms. The number of oxazole rings is 1. The van der Waals surface area contributed by atoms with Gasteiger partial charge in [-0.25, -0.2) is 9.97 Å². The summed E-state index contributed by atoms with van der Waals surface area (Å²) in [6.45, 7) is 0.259. The van der Waals surface area contributed by atoms with Crippen LogP contribution in [-0.4, -0.2) is 20.9 Å². The molecule has 0 atom stereocenters. The second-order valence-electron chi connectivity index (χ2n) is 5.28. The highest BCUT2D eigenvalue weighted by Crippen LogP contribution is 2.22. The summed E-state index contributed by atoms with van der Waals surface area (Å²) in [7, 11) is 0. The Labute approximate surface area is 141 Å². The maximum Gasteiger partial charge on any atom is 0.220 e. The van der Waals surface area contributed by atoms with E-state index in [2.05, 4.69) is 20.3 Å². The van der Waals surface area contributed by atoms with Crippen LogP contribution < -0.4 is 5.32 Å². The van der Waals surface area contributed by atoms with Gasteiger partial charge in [0.25, 0.3) is 0 Å². The molecule has 120 valence electrons. The summed E-state index contributed by atoms with van der Waals surface area (Å²) in [4.78, 5) is 24.9. The molecule has 0 aliphatic rings. The molecule has 3 heterocycles. The molecule has 0 aliphatic heterocycles. The number of hydrogen-bond donors (Lipinski definition) is 1. The molecule has 3 aromatic heterocycles. The Kier molecular flexibility index (Phi) is 3.92. The summed E-state index contributed by atoms with van der Waals surface area (Å²) >= 11 is 1.63. The number of amides is 1. The first-order valence-corrected chi connectivity index (χ1v) is 8.41. The van der Waals surface area contributed by atoms with Gasteiger partial charge in [-0.1, -0.05) is 12.1 Å². The number of rotatable bonds is 5. The molecule has 4 rings (SSSR count). The van der Waals surface area contributed by atoms with E-state index in [0.717, 1.165) is 15.2 Å². The van der Waals surface area contributed by atoms with Crippen molar-refractivity contribution in [3.05, 3.63) is 53.5 Å². The van der Waals surface area contributed by atoms with Gasteiger partial charge in [0, 0.05) is 19.0 Å². The minimum Gasteiger partial charge on any atom is -0.437 e. The van der Waals surface area contributed by atoms with Crippen molar-refractivity contribution in [1.29, 1.82) is 0 Å². The molecule has 1 aromatic carbocycles. The number of pyridine rings is 1. The average Bonchev–Trinajstić information content (AvgIpc) is 3.21. The van der Waals surface area contributed by atoms with Gasteiger partial charge in [-0.15, -0.1) is 11.3 Å². The molecule has 24 heavy (non-hydrogen) atoms. The van der Waals surface area contributed by atoms with Crippen LogP contribution in [0.25, 0.3) is 21.4 Å². The van der Waals surface area contributed by atoms with Gasteiger partial charge in [-0.2, -0.15) is 4.98 Å². The van der Waals surface area contributed by atoms with Crippen molar-refractivity contribution in [3.63, 3.8) is 0 Å². The lowest BCUT2D eigenvalue weighted by Crippen LogP contribution is -2.23. The molecule has 0 radical (unpaired) electrons. The number of thiazole rings is 1. The van der Waals surface area contributed by atoms with Crippen molar-refractivity contribution in [1.82, 2.24) is 20.3 Å². The molecule has 0 aliphatic carbocycles. The number of para-hydroxylation sites is 1. The van der Waals surface area contributed by atoms with Gasteiger partial charge >= 0.3 is 0 Å². The summed E-state index contributed by atoms with van der Waals surface area (Å²) < 4.78 is 6.67. The second-order valence-corrected chi connectivity index (χ2v) is 6.40. The SMILES string of the molecule is O=C(CCc1nc2ccccc2s1)NCc1nc2ncccc2o1. The van der Waals surface area contributed by atoms with Crippen molar-refractivity contribution in [3.8, 4) is 0 Å². The zero-order valence-corrected chi connectivity index (χ0v) is 13.5. The fourth-order valence-electron chi connectivity index (χ4n) is 2.40. The van der Waals surface area contributed by atoms with Crippen LogP contribution >= 0.6 is 11.3 Å². The van der Waals surface area contributed by atoms with Crippen LogP contribution in [0.3, 0.4) is 0 Å². The summed E-state index contributed by atoms with van der Waals surface area (Å²) in [5, 5.41) is 3.79. The lowest BCUT2D eigenvalue weighted by atomic mass is 10.3. The van der Waals surface area contributed by atoms with Gasteiger partial charge in [-0.3, -0.25) is 4.79 Å². The molecular weight excluding hydrogens is 324 g/mol. The Hall–Kier alpha value is -2.80. The van der Waals surface area contributed by atoms with Crippen LogP contribution in [-0.2, 0) is 17.8 Å². The summed E-state index contributed by atoms with van der Waals surface area (Å²) in [6.07, 6.45) is 2.67. The van der Waals surface area contributed by atoms with Crippen molar-refractivity contribution in [2.75, 3.05) is 0 Å². The molecule has 1 N–H and O–H groups in total. The first-order valence-electron chi connectivity index (χ1n) is 7.59. The standard InChI is InChI=1S/C17H14N4O2S/c22-14(7-8-16-20-11-4-1-2-6-13(11)24-16)19-10-15-21-17-12(23-15)5-3-9-18-17/h1-6,9H,7-8,10H2,(H,19,22). The zero-order chi connectivity index (χ0) is 16.4.